The summed E-state index contributed by atoms with van der Waals surface area (Å²) in [6.45, 7) is 5.86. The van der Waals surface area contributed by atoms with Crippen molar-refractivity contribution in [3.8, 4) is 0 Å². The summed E-state index contributed by atoms with van der Waals surface area (Å²) in [5.74, 6) is -2.33. The lowest BCUT2D eigenvalue weighted by atomic mass is 10.0. The molecule has 2 rings (SSSR count). The van der Waals surface area contributed by atoms with E-state index in [1.54, 1.807) is 0 Å². The van der Waals surface area contributed by atoms with Crippen molar-refractivity contribution in [2.75, 3.05) is 13.1 Å². The number of rotatable bonds is 4. The zero-order valence-electron chi connectivity index (χ0n) is 11.4. The highest BCUT2D eigenvalue weighted by Crippen LogP contribution is 2.28. The monoisotopic (exact) mass is 267 g/mol. The predicted octanol–water partition coefficient (Wildman–Crippen LogP) is 3.41. The third kappa shape index (κ3) is 3.00. The molecule has 1 fully saturated rings. The molecular formula is C15H19F2NO. The first kappa shape index (κ1) is 14.1. The lowest BCUT2D eigenvalue weighted by Crippen LogP contribution is -2.39. The summed E-state index contributed by atoms with van der Waals surface area (Å²) in [6, 6.07) is 3.73. The quantitative estimate of drug-likeness (QED) is 0.779. The topological polar surface area (TPSA) is 20.3 Å². The molecule has 1 aliphatic rings. The summed E-state index contributed by atoms with van der Waals surface area (Å²) in [5.41, 5.74) is -0.0437. The van der Waals surface area contributed by atoms with Gasteiger partial charge in [-0.3, -0.25) is 9.69 Å². The van der Waals surface area contributed by atoms with E-state index in [0.29, 0.717) is 6.54 Å². The van der Waals surface area contributed by atoms with Crippen LogP contribution in [0, 0.1) is 11.6 Å². The van der Waals surface area contributed by atoms with E-state index in [1.807, 2.05) is 0 Å². The standard InChI is InChI=1S/C15H19F2NO/c1-15(2)8-4-9-18(15)10-7-13(19)11-5-3-6-12(16)14(11)17/h3,5-6H,4,7-10H2,1-2H3. The molecule has 0 spiro atoms. The molecule has 0 radical (unpaired) electrons. The first-order valence-corrected chi connectivity index (χ1v) is 6.64. The van der Waals surface area contributed by atoms with Crippen molar-refractivity contribution in [2.24, 2.45) is 0 Å². The lowest BCUT2D eigenvalue weighted by Gasteiger charge is -2.31. The normalized spacial score (nSPS) is 18.7. The second kappa shape index (κ2) is 5.37. The summed E-state index contributed by atoms with van der Waals surface area (Å²) in [6.07, 6.45) is 2.45. The van der Waals surface area contributed by atoms with E-state index in [4.69, 9.17) is 0 Å². The van der Waals surface area contributed by atoms with Gasteiger partial charge >= 0.3 is 0 Å². The fourth-order valence-corrected chi connectivity index (χ4v) is 2.67. The van der Waals surface area contributed by atoms with E-state index in [0.717, 1.165) is 25.5 Å². The number of halogens is 2. The second-order valence-corrected chi connectivity index (χ2v) is 5.68. The molecule has 1 aromatic rings. The SMILES string of the molecule is CC1(C)CCCN1CCC(=O)c1cccc(F)c1F. The molecular weight excluding hydrogens is 248 g/mol. The summed E-state index contributed by atoms with van der Waals surface area (Å²) < 4.78 is 26.6. The minimum atomic E-state index is -1.03. The van der Waals surface area contributed by atoms with Crippen molar-refractivity contribution in [3.63, 3.8) is 0 Å². The molecule has 104 valence electrons. The smallest absolute Gasteiger partial charge is 0.169 e. The van der Waals surface area contributed by atoms with Crippen LogP contribution < -0.4 is 0 Å². The zero-order valence-corrected chi connectivity index (χ0v) is 11.4. The highest BCUT2D eigenvalue weighted by atomic mass is 19.2. The maximum Gasteiger partial charge on any atom is 0.169 e. The zero-order chi connectivity index (χ0) is 14.0. The van der Waals surface area contributed by atoms with E-state index in [9.17, 15) is 13.6 Å². The third-order valence-corrected chi connectivity index (χ3v) is 3.93. The molecule has 4 heteroatoms. The Kier molecular flexibility index (Phi) is 3.99. The van der Waals surface area contributed by atoms with E-state index >= 15 is 0 Å². The maximum atomic E-state index is 13.5. The molecule has 0 aliphatic carbocycles. The fourth-order valence-electron chi connectivity index (χ4n) is 2.67. The van der Waals surface area contributed by atoms with Crippen molar-refractivity contribution in [2.45, 2.75) is 38.6 Å². The Balaban J connectivity index is 2.00. The summed E-state index contributed by atoms with van der Waals surface area (Å²) >= 11 is 0. The molecule has 0 amide bonds. The number of likely N-dealkylation sites (tertiary alicyclic amines) is 1. The predicted molar refractivity (Wildman–Crippen MR) is 70.2 cm³/mol. The molecule has 0 atom stereocenters. The van der Waals surface area contributed by atoms with Gasteiger partial charge in [-0.05, 0) is 45.4 Å². The fraction of sp³-hybridized carbons (Fsp3) is 0.533. The number of ketones is 1. The van der Waals surface area contributed by atoms with Gasteiger partial charge in [-0.1, -0.05) is 6.07 Å². The minimum absolute atomic E-state index is 0.0980. The van der Waals surface area contributed by atoms with Crippen LogP contribution in [0.4, 0.5) is 8.78 Å². The van der Waals surface area contributed by atoms with Crippen molar-refractivity contribution >= 4 is 5.78 Å². The van der Waals surface area contributed by atoms with Crippen LogP contribution in [0.25, 0.3) is 0 Å². The van der Waals surface area contributed by atoms with Gasteiger partial charge in [-0.15, -0.1) is 0 Å². The molecule has 0 N–H and O–H groups in total. The average Bonchev–Trinajstić information content (AvgIpc) is 2.69. The Bertz CT molecular complexity index is 485. The Morgan fingerprint density at radius 2 is 2.11 bits per heavy atom. The molecule has 0 bridgehead atoms. The molecule has 1 aromatic carbocycles. The Morgan fingerprint density at radius 1 is 1.37 bits per heavy atom. The van der Waals surface area contributed by atoms with E-state index in [-0.39, 0.29) is 23.3 Å². The number of Topliss-reactive ketones (excluding diaryl/α,β-unsaturated/α-hetero) is 1. The van der Waals surface area contributed by atoms with Crippen LogP contribution in [0.15, 0.2) is 18.2 Å². The molecule has 1 saturated heterocycles. The van der Waals surface area contributed by atoms with Crippen molar-refractivity contribution in [1.82, 2.24) is 4.90 Å². The number of nitrogens with zero attached hydrogens (tertiary/aromatic N) is 1. The van der Waals surface area contributed by atoms with Crippen LogP contribution in [0.3, 0.4) is 0 Å². The van der Waals surface area contributed by atoms with Gasteiger partial charge in [0.25, 0.3) is 0 Å². The summed E-state index contributed by atoms with van der Waals surface area (Å²) in [4.78, 5) is 14.2. The van der Waals surface area contributed by atoms with E-state index in [2.05, 4.69) is 18.7 Å². The summed E-state index contributed by atoms with van der Waals surface area (Å²) in [5, 5.41) is 0. The van der Waals surface area contributed by atoms with Crippen LogP contribution in [-0.4, -0.2) is 29.3 Å². The number of hydrogen-bond acceptors (Lipinski definition) is 2. The Hall–Kier alpha value is -1.29. The molecule has 0 aromatic heterocycles. The lowest BCUT2D eigenvalue weighted by molar-refractivity contribution is 0.0937. The van der Waals surface area contributed by atoms with Gasteiger partial charge in [-0.2, -0.15) is 0 Å². The molecule has 19 heavy (non-hydrogen) atoms. The van der Waals surface area contributed by atoms with Gasteiger partial charge in [0.1, 0.15) is 0 Å². The van der Waals surface area contributed by atoms with Crippen LogP contribution in [-0.2, 0) is 0 Å². The summed E-state index contributed by atoms with van der Waals surface area (Å²) in [7, 11) is 0. The van der Waals surface area contributed by atoms with Gasteiger partial charge in [0.05, 0.1) is 5.56 Å². The largest absolute Gasteiger partial charge is 0.298 e. The van der Waals surface area contributed by atoms with E-state index in [1.165, 1.54) is 12.1 Å². The first-order chi connectivity index (χ1) is 8.92. The molecule has 0 saturated carbocycles. The average molecular weight is 267 g/mol. The maximum absolute atomic E-state index is 13.5. The molecule has 2 nitrogen and oxygen atoms in total. The van der Waals surface area contributed by atoms with Crippen LogP contribution in [0.2, 0.25) is 0 Å². The van der Waals surface area contributed by atoms with Crippen molar-refractivity contribution in [1.29, 1.82) is 0 Å². The van der Waals surface area contributed by atoms with Gasteiger partial charge in [0.2, 0.25) is 0 Å². The number of benzene rings is 1. The number of hydrogen-bond donors (Lipinski definition) is 0. The van der Waals surface area contributed by atoms with Crippen LogP contribution in [0.5, 0.6) is 0 Å². The van der Waals surface area contributed by atoms with Crippen LogP contribution in [0.1, 0.15) is 43.5 Å². The van der Waals surface area contributed by atoms with Gasteiger partial charge in [0.15, 0.2) is 17.4 Å². The highest BCUT2D eigenvalue weighted by molar-refractivity contribution is 5.96. The van der Waals surface area contributed by atoms with Crippen molar-refractivity contribution in [3.05, 3.63) is 35.4 Å². The molecule has 1 aliphatic heterocycles. The van der Waals surface area contributed by atoms with Crippen LogP contribution >= 0.6 is 0 Å². The number of carbonyl (C=O) groups is 1. The van der Waals surface area contributed by atoms with Gasteiger partial charge < -0.3 is 0 Å². The second-order valence-electron chi connectivity index (χ2n) is 5.68. The van der Waals surface area contributed by atoms with Crippen molar-refractivity contribution < 1.29 is 13.6 Å². The van der Waals surface area contributed by atoms with Gasteiger partial charge in [-0.25, -0.2) is 8.78 Å². The molecule has 0 unspecified atom stereocenters. The Morgan fingerprint density at radius 3 is 2.74 bits per heavy atom. The van der Waals surface area contributed by atoms with Gasteiger partial charge in [0, 0.05) is 18.5 Å². The molecule has 1 heterocycles. The first-order valence-electron chi connectivity index (χ1n) is 6.64. The Labute approximate surface area is 112 Å². The van der Waals surface area contributed by atoms with E-state index < -0.39 is 11.6 Å². The highest BCUT2D eigenvalue weighted by Gasteiger charge is 2.31. The minimum Gasteiger partial charge on any atom is -0.298 e. The number of carbonyl (C=O) groups excluding carboxylic acids is 1. The third-order valence-electron chi connectivity index (χ3n) is 3.93.